The second kappa shape index (κ2) is 9.96. The smallest absolute Gasteiger partial charge is 0.254 e. The van der Waals surface area contributed by atoms with E-state index in [0.29, 0.717) is 30.3 Å². The molecule has 29 heavy (non-hydrogen) atoms. The summed E-state index contributed by atoms with van der Waals surface area (Å²) in [4.78, 5) is 26.7. The topological polar surface area (TPSA) is 67.9 Å². The van der Waals surface area contributed by atoms with E-state index in [2.05, 4.69) is 5.32 Å². The van der Waals surface area contributed by atoms with Gasteiger partial charge in [-0.2, -0.15) is 0 Å². The summed E-state index contributed by atoms with van der Waals surface area (Å²) in [6, 6.07) is 9.09. The Bertz CT molecular complexity index is 869. The number of hydrogen-bond donors (Lipinski definition) is 1. The van der Waals surface area contributed by atoms with Crippen molar-refractivity contribution in [1.29, 1.82) is 0 Å². The Morgan fingerprint density at radius 1 is 0.931 bits per heavy atom. The third-order valence-electron chi connectivity index (χ3n) is 4.46. The first-order valence-corrected chi connectivity index (χ1v) is 9.79. The van der Waals surface area contributed by atoms with Gasteiger partial charge in [-0.1, -0.05) is 17.7 Å². The van der Waals surface area contributed by atoms with Crippen molar-refractivity contribution in [3.8, 4) is 11.5 Å². The lowest BCUT2D eigenvalue weighted by molar-refractivity contribution is -0.116. The van der Waals surface area contributed by atoms with Crippen LogP contribution in [0.2, 0.25) is 0 Å². The van der Waals surface area contributed by atoms with Crippen molar-refractivity contribution in [1.82, 2.24) is 4.90 Å². The van der Waals surface area contributed by atoms with Gasteiger partial charge < -0.3 is 19.7 Å². The van der Waals surface area contributed by atoms with Crippen molar-refractivity contribution in [3.63, 3.8) is 0 Å². The zero-order valence-corrected chi connectivity index (χ0v) is 18.1. The number of nitrogens with zero attached hydrogens (tertiary/aromatic N) is 1. The van der Waals surface area contributed by atoms with Crippen LogP contribution in [0, 0.1) is 20.8 Å². The highest BCUT2D eigenvalue weighted by atomic mass is 16.5. The quantitative estimate of drug-likeness (QED) is 0.726. The molecule has 2 rings (SSSR count). The van der Waals surface area contributed by atoms with Crippen LogP contribution in [-0.2, 0) is 4.79 Å². The van der Waals surface area contributed by atoms with Crippen LogP contribution in [0.1, 0.15) is 40.9 Å². The van der Waals surface area contributed by atoms with Crippen LogP contribution in [0.25, 0.3) is 0 Å². The third-order valence-corrected chi connectivity index (χ3v) is 4.46. The van der Waals surface area contributed by atoms with Gasteiger partial charge in [0.25, 0.3) is 5.91 Å². The lowest BCUT2D eigenvalue weighted by atomic mass is 10.1. The molecule has 0 atom stereocenters. The Morgan fingerprint density at radius 2 is 1.52 bits per heavy atom. The fraction of sp³-hybridized carbons (Fsp3) is 0.391. The molecular formula is C23H30N2O4. The maximum absolute atomic E-state index is 12.8. The number of nitrogens with one attached hydrogen (secondary N) is 1. The Hall–Kier alpha value is -3.02. The molecule has 0 bridgehead atoms. The average Bonchev–Trinajstić information content (AvgIpc) is 2.65. The summed E-state index contributed by atoms with van der Waals surface area (Å²) in [5.41, 5.74) is 4.37. The van der Waals surface area contributed by atoms with E-state index < -0.39 is 0 Å². The molecule has 156 valence electrons. The van der Waals surface area contributed by atoms with Crippen LogP contribution >= 0.6 is 0 Å². The first-order valence-electron chi connectivity index (χ1n) is 9.79. The lowest BCUT2D eigenvalue weighted by Gasteiger charge is -2.19. The van der Waals surface area contributed by atoms with Crippen molar-refractivity contribution >= 4 is 17.5 Å². The molecule has 0 aliphatic rings. The van der Waals surface area contributed by atoms with Crippen LogP contribution in [0.3, 0.4) is 0 Å². The minimum Gasteiger partial charge on any atom is -0.490 e. The van der Waals surface area contributed by atoms with Gasteiger partial charge in [0.05, 0.1) is 19.8 Å². The van der Waals surface area contributed by atoms with Crippen molar-refractivity contribution in [3.05, 3.63) is 52.6 Å². The molecule has 0 saturated heterocycles. The van der Waals surface area contributed by atoms with Crippen LogP contribution in [0.4, 0.5) is 5.69 Å². The lowest BCUT2D eigenvalue weighted by Crippen LogP contribution is -2.35. The standard InChI is InChI=1S/C23H30N2O4/c1-7-28-19-10-9-18(13-20(19)29-8-2)23(27)25(6)14-21(26)24-22-16(4)11-15(3)12-17(22)5/h9-13H,7-8,14H2,1-6H3,(H,24,26). The minimum absolute atomic E-state index is 0.0528. The molecular weight excluding hydrogens is 368 g/mol. The van der Waals surface area contributed by atoms with E-state index in [0.717, 1.165) is 22.4 Å². The number of hydrogen-bond acceptors (Lipinski definition) is 4. The Kier molecular flexibility index (Phi) is 7.65. The van der Waals surface area contributed by atoms with Gasteiger partial charge in [-0.25, -0.2) is 0 Å². The van der Waals surface area contributed by atoms with Gasteiger partial charge in [0.1, 0.15) is 0 Å². The normalized spacial score (nSPS) is 10.4. The predicted molar refractivity (Wildman–Crippen MR) is 115 cm³/mol. The summed E-state index contributed by atoms with van der Waals surface area (Å²) in [5.74, 6) is 0.606. The second-order valence-electron chi connectivity index (χ2n) is 7.01. The number of amides is 2. The van der Waals surface area contributed by atoms with Crippen molar-refractivity contribution < 1.29 is 19.1 Å². The molecule has 6 nitrogen and oxygen atoms in total. The zero-order valence-electron chi connectivity index (χ0n) is 18.1. The second-order valence-corrected chi connectivity index (χ2v) is 7.01. The summed E-state index contributed by atoms with van der Waals surface area (Å²) in [6.07, 6.45) is 0. The van der Waals surface area contributed by atoms with E-state index in [-0.39, 0.29) is 18.4 Å². The molecule has 2 aromatic rings. The van der Waals surface area contributed by atoms with Gasteiger partial charge in [0.2, 0.25) is 5.91 Å². The van der Waals surface area contributed by atoms with E-state index in [1.54, 1.807) is 25.2 Å². The highest BCUT2D eigenvalue weighted by Crippen LogP contribution is 2.29. The SMILES string of the molecule is CCOc1ccc(C(=O)N(C)CC(=O)Nc2c(C)cc(C)cc2C)cc1OCC. The largest absolute Gasteiger partial charge is 0.490 e. The van der Waals surface area contributed by atoms with Crippen LogP contribution in [0.5, 0.6) is 11.5 Å². The monoisotopic (exact) mass is 398 g/mol. The first kappa shape index (κ1) is 22.3. The zero-order chi connectivity index (χ0) is 21.6. The average molecular weight is 399 g/mol. The number of benzene rings is 2. The molecule has 2 aromatic carbocycles. The van der Waals surface area contributed by atoms with Gasteiger partial charge >= 0.3 is 0 Å². The Labute approximate surface area is 172 Å². The third kappa shape index (κ3) is 5.73. The van der Waals surface area contributed by atoms with E-state index in [4.69, 9.17) is 9.47 Å². The molecule has 2 amide bonds. The number of aryl methyl sites for hydroxylation is 3. The summed E-state index contributed by atoms with van der Waals surface area (Å²) in [7, 11) is 1.60. The van der Waals surface area contributed by atoms with Gasteiger partial charge in [0.15, 0.2) is 11.5 Å². The molecule has 0 saturated carbocycles. The van der Waals surface area contributed by atoms with E-state index >= 15 is 0 Å². The maximum Gasteiger partial charge on any atom is 0.254 e. The molecule has 0 heterocycles. The van der Waals surface area contributed by atoms with Gasteiger partial charge in [-0.15, -0.1) is 0 Å². The molecule has 0 aromatic heterocycles. The number of carbonyl (C=O) groups is 2. The molecule has 0 aliphatic heterocycles. The molecule has 0 radical (unpaired) electrons. The maximum atomic E-state index is 12.8. The molecule has 0 fully saturated rings. The van der Waals surface area contributed by atoms with Gasteiger partial charge in [-0.05, 0) is 63.9 Å². The van der Waals surface area contributed by atoms with Crippen LogP contribution in [0.15, 0.2) is 30.3 Å². The van der Waals surface area contributed by atoms with Crippen molar-refractivity contribution in [2.24, 2.45) is 0 Å². The molecule has 0 unspecified atom stereocenters. The van der Waals surface area contributed by atoms with Crippen LogP contribution in [-0.4, -0.2) is 43.5 Å². The van der Waals surface area contributed by atoms with E-state index in [1.807, 2.05) is 46.8 Å². The van der Waals surface area contributed by atoms with Crippen molar-refractivity contribution in [2.75, 3.05) is 32.1 Å². The Balaban J connectivity index is 2.10. The summed E-state index contributed by atoms with van der Waals surface area (Å²) < 4.78 is 11.1. The molecule has 0 aliphatic carbocycles. The summed E-state index contributed by atoms with van der Waals surface area (Å²) >= 11 is 0. The highest BCUT2D eigenvalue weighted by molar-refractivity contribution is 6.00. The van der Waals surface area contributed by atoms with Gasteiger partial charge in [0, 0.05) is 18.3 Å². The fourth-order valence-corrected chi connectivity index (χ4v) is 3.25. The Morgan fingerprint density at radius 3 is 2.10 bits per heavy atom. The summed E-state index contributed by atoms with van der Waals surface area (Å²) in [5, 5.41) is 2.92. The number of carbonyl (C=O) groups excluding carboxylic acids is 2. The molecule has 0 spiro atoms. The highest BCUT2D eigenvalue weighted by Gasteiger charge is 2.18. The number of ether oxygens (including phenoxy) is 2. The predicted octanol–water partition coefficient (Wildman–Crippen LogP) is 4.12. The van der Waals surface area contributed by atoms with Gasteiger partial charge in [-0.3, -0.25) is 9.59 Å². The fourth-order valence-electron chi connectivity index (χ4n) is 3.25. The van der Waals surface area contributed by atoms with E-state index in [1.165, 1.54) is 4.90 Å². The number of likely N-dealkylation sites (N-methyl/N-ethyl adjacent to an activating group) is 1. The molecule has 6 heteroatoms. The minimum atomic E-state index is -0.262. The summed E-state index contributed by atoms with van der Waals surface area (Å²) in [6.45, 7) is 10.6. The number of anilines is 1. The number of rotatable bonds is 8. The van der Waals surface area contributed by atoms with Crippen molar-refractivity contribution in [2.45, 2.75) is 34.6 Å². The van der Waals surface area contributed by atoms with E-state index in [9.17, 15) is 9.59 Å². The van der Waals surface area contributed by atoms with Crippen LogP contribution < -0.4 is 14.8 Å². The first-order chi connectivity index (χ1) is 13.8. The molecule has 1 N–H and O–H groups in total.